The summed E-state index contributed by atoms with van der Waals surface area (Å²) in [4.78, 5) is 0. The summed E-state index contributed by atoms with van der Waals surface area (Å²) in [5.41, 5.74) is 4.80. The molecule has 0 bridgehead atoms. The third kappa shape index (κ3) is 3.14. The Kier molecular flexibility index (Phi) is 4.02. The number of benzene rings is 3. The van der Waals surface area contributed by atoms with Gasteiger partial charge in [0, 0.05) is 5.56 Å². The third-order valence-corrected chi connectivity index (χ3v) is 3.56. The first-order chi connectivity index (χ1) is 10.3. The van der Waals surface area contributed by atoms with E-state index >= 15 is 0 Å². The third-order valence-electron chi connectivity index (χ3n) is 3.56. The minimum Gasteiger partial charge on any atom is -0.488 e. The zero-order valence-electron chi connectivity index (χ0n) is 12.1. The second-order valence-corrected chi connectivity index (χ2v) is 5.09. The Morgan fingerprint density at radius 1 is 0.667 bits per heavy atom. The van der Waals surface area contributed by atoms with Gasteiger partial charge >= 0.3 is 0 Å². The van der Waals surface area contributed by atoms with Crippen LogP contribution in [-0.4, -0.2) is 0 Å². The minimum atomic E-state index is 0.587. The van der Waals surface area contributed by atoms with E-state index in [1.165, 1.54) is 16.7 Å². The van der Waals surface area contributed by atoms with Gasteiger partial charge in [-0.15, -0.1) is 0 Å². The molecule has 0 unspecified atom stereocenters. The molecule has 0 amide bonds. The van der Waals surface area contributed by atoms with E-state index in [4.69, 9.17) is 4.74 Å². The standard InChI is InChI=1S/C20H18O/c1-16-9-5-6-12-18(16)19-13-7-8-14-20(19)21-15-17-10-3-2-4-11-17/h2-14H,15H2,1H3. The van der Waals surface area contributed by atoms with Crippen LogP contribution in [0.15, 0.2) is 78.9 Å². The lowest BCUT2D eigenvalue weighted by Gasteiger charge is -2.13. The predicted molar refractivity (Wildman–Crippen MR) is 87.4 cm³/mol. The van der Waals surface area contributed by atoms with Gasteiger partial charge in [-0.2, -0.15) is 0 Å². The zero-order valence-corrected chi connectivity index (χ0v) is 12.1. The van der Waals surface area contributed by atoms with E-state index < -0.39 is 0 Å². The van der Waals surface area contributed by atoms with Gasteiger partial charge in [0.15, 0.2) is 0 Å². The van der Waals surface area contributed by atoms with E-state index in [1.807, 2.05) is 30.3 Å². The van der Waals surface area contributed by atoms with E-state index in [9.17, 15) is 0 Å². The Labute approximate surface area is 125 Å². The molecule has 3 rings (SSSR count). The molecule has 104 valence electrons. The first-order valence-corrected chi connectivity index (χ1v) is 7.16. The SMILES string of the molecule is Cc1ccccc1-c1ccccc1OCc1ccccc1. The molecule has 0 atom stereocenters. The molecule has 0 fully saturated rings. The number of hydrogen-bond donors (Lipinski definition) is 0. The highest BCUT2D eigenvalue weighted by molar-refractivity contribution is 5.73. The van der Waals surface area contributed by atoms with Crippen molar-refractivity contribution < 1.29 is 4.74 Å². The molecule has 0 aliphatic heterocycles. The van der Waals surface area contributed by atoms with Crippen LogP contribution in [0.4, 0.5) is 0 Å². The second kappa shape index (κ2) is 6.27. The highest BCUT2D eigenvalue weighted by Crippen LogP contribution is 2.32. The molecule has 21 heavy (non-hydrogen) atoms. The Morgan fingerprint density at radius 3 is 2.05 bits per heavy atom. The average molecular weight is 274 g/mol. The van der Waals surface area contributed by atoms with Crippen LogP contribution in [-0.2, 0) is 6.61 Å². The normalized spacial score (nSPS) is 10.3. The smallest absolute Gasteiger partial charge is 0.127 e. The summed E-state index contributed by atoms with van der Waals surface area (Å²) in [5, 5.41) is 0. The Hall–Kier alpha value is -2.54. The van der Waals surface area contributed by atoms with Crippen LogP contribution in [0, 0.1) is 6.92 Å². The number of ether oxygens (including phenoxy) is 1. The lowest BCUT2D eigenvalue weighted by atomic mass is 10.00. The van der Waals surface area contributed by atoms with Crippen LogP contribution in [0.3, 0.4) is 0 Å². The first-order valence-electron chi connectivity index (χ1n) is 7.16. The van der Waals surface area contributed by atoms with Crippen LogP contribution in [0.5, 0.6) is 5.75 Å². The maximum absolute atomic E-state index is 6.03. The maximum Gasteiger partial charge on any atom is 0.127 e. The summed E-state index contributed by atoms with van der Waals surface area (Å²) in [7, 11) is 0. The molecule has 0 N–H and O–H groups in total. The van der Waals surface area contributed by atoms with Crippen LogP contribution in [0.1, 0.15) is 11.1 Å². The van der Waals surface area contributed by atoms with Gasteiger partial charge in [0.2, 0.25) is 0 Å². The largest absolute Gasteiger partial charge is 0.488 e. The van der Waals surface area contributed by atoms with Crippen molar-refractivity contribution in [3.8, 4) is 16.9 Å². The van der Waals surface area contributed by atoms with Crippen molar-refractivity contribution in [1.29, 1.82) is 0 Å². The Morgan fingerprint density at radius 2 is 1.29 bits per heavy atom. The average Bonchev–Trinajstić information content (AvgIpc) is 2.55. The van der Waals surface area contributed by atoms with Gasteiger partial charge in [-0.05, 0) is 29.7 Å². The number of rotatable bonds is 4. The summed E-state index contributed by atoms with van der Waals surface area (Å²) in [6, 6.07) is 26.9. The highest BCUT2D eigenvalue weighted by Gasteiger charge is 2.07. The molecule has 0 saturated carbocycles. The summed E-state index contributed by atoms with van der Waals surface area (Å²) in [6.07, 6.45) is 0. The monoisotopic (exact) mass is 274 g/mol. The van der Waals surface area contributed by atoms with Gasteiger partial charge in [0.05, 0.1) is 0 Å². The first kappa shape index (κ1) is 13.4. The molecule has 0 heterocycles. The van der Waals surface area contributed by atoms with Crippen LogP contribution in [0.2, 0.25) is 0 Å². The fourth-order valence-electron chi connectivity index (χ4n) is 2.43. The van der Waals surface area contributed by atoms with Gasteiger partial charge in [-0.25, -0.2) is 0 Å². The predicted octanol–water partition coefficient (Wildman–Crippen LogP) is 5.24. The van der Waals surface area contributed by atoms with Crippen molar-refractivity contribution in [1.82, 2.24) is 0 Å². The second-order valence-electron chi connectivity index (χ2n) is 5.09. The highest BCUT2D eigenvalue weighted by atomic mass is 16.5. The summed E-state index contributed by atoms with van der Waals surface area (Å²) < 4.78 is 6.03. The maximum atomic E-state index is 6.03. The number of hydrogen-bond acceptors (Lipinski definition) is 1. The summed E-state index contributed by atoms with van der Waals surface area (Å²) >= 11 is 0. The molecule has 3 aromatic rings. The minimum absolute atomic E-state index is 0.587. The van der Waals surface area contributed by atoms with E-state index in [1.54, 1.807) is 0 Å². The molecular weight excluding hydrogens is 256 g/mol. The van der Waals surface area contributed by atoms with Crippen molar-refractivity contribution in [2.75, 3.05) is 0 Å². The van der Waals surface area contributed by atoms with E-state index in [2.05, 4.69) is 55.5 Å². The molecule has 0 spiro atoms. The molecule has 0 radical (unpaired) electrons. The molecule has 0 aromatic heterocycles. The van der Waals surface area contributed by atoms with E-state index in [0.29, 0.717) is 6.61 Å². The van der Waals surface area contributed by atoms with Crippen molar-refractivity contribution in [2.45, 2.75) is 13.5 Å². The summed E-state index contributed by atoms with van der Waals surface area (Å²) in [6.45, 7) is 2.72. The van der Waals surface area contributed by atoms with E-state index in [-0.39, 0.29) is 0 Å². The van der Waals surface area contributed by atoms with Crippen LogP contribution in [0.25, 0.3) is 11.1 Å². The van der Waals surface area contributed by atoms with Crippen molar-refractivity contribution in [3.05, 3.63) is 90.0 Å². The van der Waals surface area contributed by atoms with E-state index in [0.717, 1.165) is 11.3 Å². The van der Waals surface area contributed by atoms with Gasteiger partial charge in [-0.1, -0.05) is 72.8 Å². The van der Waals surface area contributed by atoms with Gasteiger partial charge in [0.25, 0.3) is 0 Å². The van der Waals surface area contributed by atoms with Crippen LogP contribution < -0.4 is 4.74 Å². The topological polar surface area (TPSA) is 9.23 Å². The molecule has 0 aliphatic rings. The fourth-order valence-corrected chi connectivity index (χ4v) is 2.43. The molecule has 0 aliphatic carbocycles. The summed E-state index contributed by atoms with van der Waals surface area (Å²) in [5.74, 6) is 0.927. The fraction of sp³-hybridized carbons (Fsp3) is 0.100. The van der Waals surface area contributed by atoms with Crippen molar-refractivity contribution in [3.63, 3.8) is 0 Å². The molecular formula is C20H18O. The number of aryl methyl sites for hydroxylation is 1. The van der Waals surface area contributed by atoms with Crippen LogP contribution >= 0.6 is 0 Å². The van der Waals surface area contributed by atoms with Gasteiger partial charge in [0.1, 0.15) is 12.4 Å². The van der Waals surface area contributed by atoms with Crippen molar-refractivity contribution >= 4 is 0 Å². The molecule has 3 aromatic carbocycles. The molecule has 1 heteroatoms. The quantitative estimate of drug-likeness (QED) is 0.632. The Balaban J connectivity index is 1.88. The zero-order chi connectivity index (χ0) is 14.5. The molecule has 1 nitrogen and oxygen atoms in total. The van der Waals surface area contributed by atoms with Gasteiger partial charge < -0.3 is 4.74 Å². The lowest BCUT2D eigenvalue weighted by Crippen LogP contribution is -1.97. The Bertz CT molecular complexity index is 717. The van der Waals surface area contributed by atoms with Gasteiger partial charge in [-0.3, -0.25) is 0 Å². The van der Waals surface area contributed by atoms with Crippen molar-refractivity contribution in [2.24, 2.45) is 0 Å². The molecule has 0 saturated heterocycles. The number of para-hydroxylation sites is 1. The lowest BCUT2D eigenvalue weighted by molar-refractivity contribution is 0.307.